The number of rotatable bonds is 3. The second-order valence-corrected chi connectivity index (χ2v) is 3.66. The van der Waals surface area contributed by atoms with Crippen molar-refractivity contribution in [1.82, 2.24) is 19.6 Å². The van der Waals surface area contributed by atoms with Gasteiger partial charge in [0.25, 0.3) is 0 Å². The molecule has 0 radical (unpaired) electrons. The highest BCUT2D eigenvalue weighted by atomic mass is 15.3. The summed E-state index contributed by atoms with van der Waals surface area (Å²) < 4.78 is 3.70. The van der Waals surface area contributed by atoms with Crippen LogP contribution in [0.1, 0.15) is 16.8 Å². The van der Waals surface area contributed by atoms with Crippen molar-refractivity contribution in [2.24, 2.45) is 12.8 Å². The van der Waals surface area contributed by atoms with Crippen LogP contribution in [0.5, 0.6) is 0 Å². The normalized spacial score (nSPS) is 10.9. The third-order valence-corrected chi connectivity index (χ3v) is 2.37. The summed E-state index contributed by atoms with van der Waals surface area (Å²) in [4.78, 5) is 0. The van der Waals surface area contributed by atoms with Crippen molar-refractivity contribution < 1.29 is 0 Å². The minimum absolute atomic E-state index is 0.534. The zero-order valence-electron chi connectivity index (χ0n) is 9.01. The first kappa shape index (κ1) is 9.92. The third kappa shape index (κ3) is 2.07. The number of hydrogen-bond donors (Lipinski definition) is 1. The van der Waals surface area contributed by atoms with E-state index in [0.717, 1.165) is 17.8 Å². The Balaban J connectivity index is 2.17. The van der Waals surface area contributed by atoms with Crippen molar-refractivity contribution in [3.05, 3.63) is 35.4 Å². The Morgan fingerprint density at radius 2 is 2.20 bits per heavy atom. The van der Waals surface area contributed by atoms with Gasteiger partial charge < -0.3 is 5.73 Å². The molecule has 80 valence electrons. The minimum Gasteiger partial charge on any atom is -0.326 e. The van der Waals surface area contributed by atoms with E-state index in [1.807, 2.05) is 35.7 Å². The molecule has 5 heteroatoms. The standard InChI is InChI=1S/C10H15N5/c1-8-10(6-14(2)13-8)7-15-5-9(3-11)4-12-15/h4-6H,3,7,11H2,1-2H3. The molecule has 0 aliphatic rings. The smallest absolute Gasteiger partial charge is 0.0693 e. The largest absolute Gasteiger partial charge is 0.326 e. The molecule has 5 nitrogen and oxygen atoms in total. The summed E-state index contributed by atoms with van der Waals surface area (Å²) >= 11 is 0. The summed E-state index contributed by atoms with van der Waals surface area (Å²) in [7, 11) is 1.92. The summed E-state index contributed by atoms with van der Waals surface area (Å²) in [5, 5.41) is 8.52. The molecule has 2 heterocycles. The molecule has 0 saturated carbocycles. The summed E-state index contributed by atoms with van der Waals surface area (Å²) in [6, 6.07) is 0. The van der Waals surface area contributed by atoms with Gasteiger partial charge in [0.15, 0.2) is 0 Å². The molecule has 0 amide bonds. The van der Waals surface area contributed by atoms with Gasteiger partial charge in [-0.1, -0.05) is 0 Å². The SMILES string of the molecule is Cc1nn(C)cc1Cn1cc(CN)cn1. The van der Waals surface area contributed by atoms with E-state index < -0.39 is 0 Å². The van der Waals surface area contributed by atoms with Gasteiger partial charge in [-0.25, -0.2) is 0 Å². The van der Waals surface area contributed by atoms with E-state index in [1.54, 1.807) is 6.20 Å². The molecule has 0 aliphatic carbocycles. The Labute approximate surface area is 88.5 Å². The van der Waals surface area contributed by atoms with Gasteiger partial charge in [-0.15, -0.1) is 0 Å². The van der Waals surface area contributed by atoms with Crippen molar-refractivity contribution in [3.63, 3.8) is 0 Å². The molecule has 0 fully saturated rings. The molecular formula is C10H15N5. The summed E-state index contributed by atoms with van der Waals surface area (Å²) in [6.45, 7) is 3.29. The zero-order chi connectivity index (χ0) is 10.8. The lowest BCUT2D eigenvalue weighted by Crippen LogP contribution is -2.00. The van der Waals surface area contributed by atoms with Gasteiger partial charge in [0, 0.05) is 37.1 Å². The average Bonchev–Trinajstić information content (AvgIpc) is 2.75. The van der Waals surface area contributed by atoms with E-state index in [1.165, 1.54) is 5.56 Å². The first-order valence-electron chi connectivity index (χ1n) is 4.89. The van der Waals surface area contributed by atoms with Crippen LogP contribution in [-0.2, 0) is 20.1 Å². The van der Waals surface area contributed by atoms with Gasteiger partial charge in [-0.2, -0.15) is 10.2 Å². The van der Waals surface area contributed by atoms with E-state index in [-0.39, 0.29) is 0 Å². The average molecular weight is 205 g/mol. The first-order valence-corrected chi connectivity index (χ1v) is 4.89. The lowest BCUT2D eigenvalue weighted by Gasteiger charge is -1.98. The Bertz CT molecular complexity index is 454. The maximum atomic E-state index is 5.52. The number of nitrogens with two attached hydrogens (primary N) is 1. The molecule has 15 heavy (non-hydrogen) atoms. The predicted molar refractivity (Wildman–Crippen MR) is 57.2 cm³/mol. The highest BCUT2D eigenvalue weighted by Gasteiger charge is 2.04. The topological polar surface area (TPSA) is 61.7 Å². The van der Waals surface area contributed by atoms with Gasteiger partial charge in [0.2, 0.25) is 0 Å². The summed E-state index contributed by atoms with van der Waals surface area (Å²) in [5.41, 5.74) is 8.80. The summed E-state index contributed by atoms with van der Waals surface area (Å²) in [6.07, 6.45) is 5.78. The van der Waals surface area contributed by atoms with Crippen molar-refractivity contribution in [1.29, 1.82) is 0 Å². The van der Waals surface area contributed by atoms with E-state index in [0.29, 0.717) is 6.54 Å². The van der Waals surface area contributed by atoms with Crippen LogP contribution in [0, 0.1) is 6.92 Å². The molecule has 0 bridgehead atoms. The lowest BCUT2D eigenvalue weighted by molar-refractivity contribution is 0.682. The van der Waals surface area contributed by atoms with Gasteiger partial charge >= 0.3 is 0 Å². The molecule has 0 aliphatic heterocycles. The van der Waals surface area contributed by atoms with Crippen molar-refractivity contribution in [2.75, 3.05) is 0 Å². The second kappa shape index (κ2) is 3.86. The van der Waals surface area contributed by atoms with Gasteiger partial charge in [-0.05, 0) is 6.92 Å². The van der Waals surface area contributed by atoms with E-state index in [9.17, 15) is 0 Å². The molecule has 2 aromatic rings. The zero-order valence-corrected chi connectivity index (χ0v) is 9.01. The van der Waals surface area contributed by atoms with E-state index in [2.05, 4.69) is 10.2 Å². The number of nitrogens with zero attached hydrogens (tertiary/aromatic N) is 4. The fourth-order valence-electron chi connectivity index (χ4n) is 1.58. The predicted octanol–water partition coefficient (Wildman–Crippen LogP) is 0.432. The van der Waals surface area contributed by atoms with Crippen molar-refractivity contribution >= 4 is 0 Å². The first-order chi connectivity index (χ1) is 7.19. The second-order valence-electron chi connectivity index (χ2n) is 3.66. The molecule has 0 saturated heterocycles. The molecule has 2 N–H and O–H groups in total. The maximum absolute atomic E-state index is 5.52. The maximum Gasteiger partial charge on any atom is 0.0693 e. The Kier molecular flexibility index (Phi) is 2.55. The van der Waals surface area contributed by atoms with Crippen LogP contribution in [0.2, 0.25) is 0 Å². The fraction of sp³-hybridized carbons (Fsp3) is 0.400. The van der Waals surface area contributed by atoms with E-state index in [4.69, 9.17) is 5.73 Å². The number of hydrogen-bond acceptors (Lipinski definition) is 3. The molecule has 0 aromatic carbocycles. The van der Waals surface area contributed by atoms with Gasteiger partial charge in [0.05, 0.1) is 18.4 Å². The number of aromatic nitrogens is 4. The lowest BCUT2D eigenvalue weighted by atomic mass is 10.3. The van der Waals surface area contributed by atoms with Gasteiger partial charge in [0.1, 0.15) is 0 Å². The number of aryl methyl sites for hydroxylation is 2. The third-order valence-electron chi connectivity index (χ3n) is 2.37. The minimum atomic E-state index is 0.534. The van der Waals surface area contributed by atoms with Gasteiger partial charge in [-0.3, -0.25) is 9.36 Å². The van der Waals surface area contributed by atoms with Crippen LogP contribution in [0.3, 0.4) is 0 Å². The Morgan fingerprint density at radius 1 is 1.40 bits per heavy atom. The molecule has 0 atom stereocenters. The molecule has 2 aromatic heterocycles. The Hall–Kier alpha value is -1.62. The fourth-order valence-corrected chi connectivity index (χ4v) is 1.58. The van der Waals surface area contributed by atoms with Crippen LogP contribution >= 0.6 is 0 Å². The van der Waals surface area contributed by atoms with Crippen molar-refractivity contribution in [2.45, 2.75) is 20.0 Å². The van der Waals surface area contributed by atoms with Crippen LogP contribution in [0.4, 0.5) is 0 Å². The van der Waals surface area contributed by atoms with Crippen LogP contribution in [0.15, 0.2) is 18.6 Å². The van der Waals surface area contributed by atoms with Crippen LogP contribution in [-0.4, -0.2) is 19.6 Å². The van der Waals surface area contributed by atoms with E-state index >= 15 is 0 Å². The van der Waals surface area contributed by atoms with Crippen molar-refractivity contribution in [3.8, 4) is 0 Å². The monoisotopic (exact) mass is 205 g/mol. The highest BCUT2D eigenvalue weighted by molar-refractivity contribution is 5.16. The van der Waals surface area contributed by atoms with Crippen LogP contribution < -0.4 is 5.73 Å². The summed E-state index contributed by atoms with van der Waals surface area (Å²) in [5.74, 6) is 0. The quantitative estimate of drug-likeness (QED) is 0.790. The van der Waals surface area contributed by atoms with Crippen LogP contribution in [0.25, 0.3) is 0 Å². The molecule has 0 unspecified atom stereocenters. The Morgan fingerprint density at radius 3 is 2.73 bits per heavy atom. The molecule has 0 spiro atoms. The molecule has 2 rings (SSSR count). The molecular weight excluding hydrogens is 190 g/mol. The highest BCUT2D eigenvalue weighted by Crippen LogP contribution is 2.07.